The minimum Gasteiger partial charge on any atom is -0.491 e. The fraction of sp³-hybridized carbons (Fsp3) is 0.611. The number of carbonyl (C=O) groups is 4. The molecule has 1 aliphatic rings. The molecule has 1 aliphatic carbocycles. The smallest absolute Gasteiger partial charge is 0.344 e. The molecule has 0 radical (unpaired) electrons. The minimum atomic E-state index is -0.475. The van der Waals surface area contributed by atoms with Gasteiger partial charge in [-0.1, -0.05) is 171 Å². The van der Waals surface area contributed by atoms with Gasteiger partial charge in [-0.3, -0.25) is 9.59 Å². The van der Waals surface area contributed by atoms with Crippen LogP contribution in [-0.4, -0.2) is 103 Å². The van der Waals surface area contributed by atoms with Gasteiger partial charge >= 0.3 is 11.9 Å². The number of rotatable bonds is 30. The molecule has 0 atom stereocenters. The number of nitrogens with one attached hydrogen (secondary N) is 2. The number of fused-ring (bicyclic) bond motifs is 8. The third-order valence-corrected chi connectivity index (χ3v) is 15.3. The predicted octanol–water partition coefficient (Wildman–Crippen LogP) is 13.6. The number of ether oxygens (including phenoxy) is 8. The van der Waals surface area contributed by atoms with E-state index in [-0.39, 0.29) is 86.3 Å². The maximum absolute atomic E-state index is 13.4. The van der Waals surface area contributed by atoms with E-state index in [0.29, 0.717) is 87.8 Å². The molecule has 4 aromatic rings. The second kappa shape index (κ2) is 33.3. The van der Waals surface area contributed by atoms with Gasteiger partial charge in [0.25, 0.3) is 0 Å². The van der Waals surface area contributed by atoms with Crippen molar-refractivity contribution in [1.29, 1.82) is 0 Å². The van der Waals surface area contributed by atoms with E-state index in [4.69, 9.17) is 37.9 Å². The molecule has 14 heteroatoms. The number of carbonyl (C=O) groups excluding carboxylic acids is 4. The van der Waals surface area contributed by atoms with E-state index >= 15 is 0 Å². The number of hydrogen-bond acceptors (Lipinski definition) is 12. The van der Waals surface area contributed by atoms with E-state index in [9.17, 15) is 19.2 Å². The minimum absolute atomic E-state index is 0.0247. The molecule has 0 saturated carbocycles. The van der Waals surface area contributed by atoms with E-state index in [0.717, 1.165) is 105 Å². The van der Waals surface area contributed by atoms with Gasteiger partial charge in [0.05, 0.1) is 39.6 Å². The maximum Gasteiger partial charge on any atom is 0.344 e. The molecule has 0 fully saturated rings. The van der Waals surface area contributed by atoms with Crippen molar-refractivity contribution in [2.24, 2.45) is 0 Å². The first-order chi connectivity index (χ1) is 40.7. The molecule has 0 aliphatic heterocycles. The Morgan fingerprint density at radius 2 is 0.640 bits per heavy atom. The molecule has 0 heterocycles. The largest absolute Gasteiger partial charge is 0.491 e. The molecule has 14 nitrogen and oxygen atoms in total. The number of amides is 2. The number of hydrogen-bond donors (Lipinski definition) is 2. The SMILES string of the molecule is CCCCCC(=O)NCCOCCOc1c2cc(C(C)(C)C)cc1Cc1cc(C(C)(C)C)cc(c1OCC(=O)OCC)Cc1cc(C(C)(C)C)cc(c1OCCOCCNC(=O)CCCCC)Cc1cc(C(C)(C)C)cc(c1OCC(=O)OCC)C2. The molecule has 4 aromatic carbocycles. The Morgan fingerprint density at radius 1 is 0.372 bits per heavy atom. The van der Waals surface area contributed by atoms with Gasteiger partial charge in [-0.15, -0.1) is 0 Å². The van der Waals surface area contributed by atoms with Crippen molar-refractivity contribution in [3.63, 3.8) is 0 Å². The molecule has 0 aromatic heterocycles. The first-order valence-electron chi connectivity index (χ1n) is 31.8. The summed E-state index contributed by atoms with van der Waals surface area (Å²) >= 11 is 0. The van der Waals surface area contributed by atoms with Crippen LogP contribution in [0.25, 0.3) is 0 Å². The monoisotopic (exact) mass is 1190 g/mol. The Kier molecular flexibility index (Phi) is 27.3. The lowest BCUT2D eigenvalue weighted by molar-refractivity contribution is -0.146. The van der Waals surface area contributed by atoms with Crippen LogP contribution in [-0.2, 0) is 85.5 Å². The van der Waals surface area contributed by atoms with Crippen molar-refractivity contribution in [3.05, 3.63) is 115 Å². The van der Waals surface area contributed by atoms with Crippen LogP contribution in [0.5, 0.6) is 23.0 Å². The molecule has 2 N–H and O–H groups in total. The molecule has 0 unspecified atom stereocenters. The molecule has 5 rings (SSSR count). The van der Waals surface area contributed by atoms with Crippen molar-refractivity contribution < 1.29 is 57.1 Å². The Bertz CT molecular complexity index is 2570. The third kappa shape index (κ3) is 22.2. The van der Waals surface area contributed by atoms with Gasteiger partial charge in [0, 0.05) is 51.6 Å². The summed E-state index contributed by atoms with van der Waals surface area (Å²) in [7, 11) is 0. The summed E-state index contributed by atoms with van der Waals surface area (Å²) in [5, 5.41) is 5.98. The van der Waals surface area contributed by atoms with Crippen molar-refractivity contribution in [2.45, 2.75) is 209 Å². The zero-order valence-electron chi connectivity index (χ0n) is 55.5. The van der Waals surface area contributed by atoms with Gasteiger partial charge in [-0.2, -0.15) is 0 Å². The number of benzene rings is 4. The summed E-state index contributed by atoms with van der Waals surface area (Å²) in [6.07, 6.45) is 8.29. The Balaban J connectivity index is 1.82. The summed E-state index contributed by atoms with van der Waals surface area (Å²) in [4.78, 5) is 51.9. The maximum atomic E-state index is 13.4. The molecule has 86 heavy (non-hydrogen) atoms. The van der Waals surface area contributed by atoms with Gasteiger partial charge in [-0.25, -0.2) is 9.59 Å². The van der Waals surface area contributed by atoms with Crippen LogP contribution in [0.3, 0.4) is 0 Å². The van der Waals surface area contributed by atoms with Crippen molar-refractivity contribution in [2.75, 3.05) is 79.2 Å². The van der Waals surface area contributed by atoms with Crippen LogP contribution in [0.2, 0.25) is 0 Å². The lowest BCUT2D eigenvalue weighted by Crippen LogP contribution is -2.27. The highest BCUT2D eigenvalue weighted by Gasteiger charge is 2.30. The number of unbranched alkanes of at least 4 members (excludes halogenated alkanes) is 4. The lowest BCUT2D eigenvalue weighted by Gasteiger charge is -2.29. The van der Waals surface area contributed by atoms with Gasteiger partial charge < -0.3 is 48.5 Å². The van der Waals surface area contributed by atoms with Crippen LogP contribution in [0.4, 0.5) is 0 Å². The zero-order valence-corrected chi connectivity index (χ0v) is 55.5. The highest BCUT2D eigenvalue weighted by atomic mass is 16.6. The topological polar surface area (TPSA) is 166 Å². The molecular weight excluding hydrogens is 1080 g/mol. The average Bonchev–Trinajstić information content (AvgIpc) is 0.924. The summed E-state index contributed by atoms with van der Waals surface area (Å²) < 4.78 is 51.0. The summed E-state index contributed by atoms with van der Waals surface area (Å²) in [5.74, 6) is 1.63. The highest BCUT2D eigenvalue weighted by molar-refractivity contribution is 5.76. The van der Waals surface area contributed by atoms with E-state index < -0.39 is 11.9 Å². The Labute approximate surface area is 516 Å². The van der Waals surface area contributed by atoms with Gasteiger partial charge in [0.1, 0.15) is 36.2 Å². The first kappa shape index (κ1) is 70.6. The van der Waals surface area contributed by atoms with E-state index in [1.54, 1.807) is 13.8 Å². The fourth-order valence-corrected chi connectivity index (χ4v) is 10.4. The van der Waals surface area contributed by atoms with Crippen LogP contribution >= 0.6 is 0 Å². The molecule has 476 valence electrons. The summed E-state index contributed by atoms with van der Waals surface area (Å²) in [6.45, 7) is 36.5. The lowest BCUT2D eigenvalue weighted by atomic mass is 9.79. The molecule has 8 bridgehead atoms. The second-order valence-corrected chi connectivity index (χ2v) is 26.9. The zero-order chi connectivity index (χ0) is 63.2. The quantitative estimate of drug-likeness (QED) is 0.0331. The van der Waals surface area contributed by atoms with Crippen LogP contribution in [0.1, 0.15) is 229 Å². The predicted molar refractivity (Wildman–Crippen MR) is 343 cm³/mol. The molecule has 2 amide bonds. The van der Waals surface area contributed by atoms with Crippen LogP contribution < -0.4 is 29.6 Å². The number of esters is 2. The summed E-state index contributed by atoms with van der Waals surface area (Å²) in [5.41, 5.74) is 10.2. The van der Waals surface area contributed by atoms with Gasteiger partial charge in [0.2, 0.25) is 11.8 Å². The third-order valence-electron chi connectivity index (χ3n) is 15.3. The van der Waals surface area contributed by atoms with Crippen LogP contribution in [0.15, 0.2) is 48.5 Å². The van der Waals surface area contributed by atoms with Gasteiger partial charge in [-0.05, 0) is 115 Å². The summed E-state index contributed by atoms with van der Waals surface area (Å²) in [6, 6.07) is 17.8. The Morgan fingerprint density at radius 3 is 0.884 bits per heavy atom. The van der Waals surface area contributed by atoms with Crippen LogP contribution in [0, 0.1) is 0 Å². The van der Waals surface area contributed by atoms with Crippen molar-refractivity contribution in [3.8, 4) is 23.0 Å². The molecular formula is C72H106N2O12. The standard InChI is InChI=1S/C72H106N2O12/c1-17-21-23-25-61(75)73-27-29-79-31-33-83-65-49-35-53-43-59(71(11,12)13)45-55(67(53)85-47-63(77)81-19-3)37-51-41-58(70(8,9)10)42-52(66(51)84-34-32-80-30-28-74-62(76)26-24-22-18-2)38-56-46-60(72(14,15)16)44-54(68(56)86-48-64(78)82-20-4)36-50(65)40-57(39-49)69(5,6)7/h39-46H,17-38,47-48H2,1-16H3,(H,73,75)(H,74,76). The van der Waals surface area contributed by atoms with Crippen molar-refractivity contribution in [1.82, 2.24) is 10.6 Å². The fourth-order valence-electron chi connectivity index (χ4n) is 10.4. The normalized spacial score (nSPS) is 12.7. The first-order valence-corrected chi connectivity index (χ1v) is 31.8. The highest BCUT2D eigenvalue weighted by Crippen LogP contribution is 2.44. The molecule has 0 spiro atoms. The van der Waals surface area contributed by atoms with E-state index in [2.05, 4.69) is 156 Å². The van der Waals surface area contributed by atoms with E-state index in [1.165, 1.54) is 0 Å². The Hall–Kier alpha value is -6.12. The second-order valence-electron chi connectivity index (χ2n) is 26.9. The average molecular weight is 1190 g/mol. The van der Waals surface area contributed by atoms with E-state index in [1.807, 2.05) is 0 Å². The van der Waals surface area contributed by atoms with Gasteiger partial charge in [0.15, 0.2) is 13.2 Å². The van der Waals surface area contributed by atoms with Crippen molar-refractivity contribution >= 4 is 23.8 Å². The molecule has 0 saturated heterocycles.